The summed E-state index contributed by atoms with van der Waals surface area (Å²) in [5, 5.41) is 0. The first kappa shape index (κ1) is 7.37. The van der Waals surface area contributed by atoms with E-state index in [4.69, 9.17) is 0 Å². The van der Waals surface area contributed by atoms with Crippen molar-refractivity contribution >= 4 is 0 Å². The van der Waals surface area contributed by atoms with Crippen LogP contribution in [0.4, 0.5) is 0 Å². The van der Waals surface area contributed by atoms with Gasteiger partial charge in [-0.25, -0.2) is 0 Å². The van der Waals surface area contributed by atoms with Gasteiger partial charge in [-0.2, -0.15) is 0 Å². The first-order valence-electron chi connectivity index (χ1n) is 5.53. The van der Waals surface area contributed by atoms with Crippen LogP contribution in [0.25, 0.3) is 0 Å². The number of hydrogen-bond acceptors (Lipinski definition) is 1. The lowest BCUT2D eigenvalue weighted by Crippen LogP contribution is -2.19. The minimum Gasteiger partial charge on any atom is -0.306 e. The predicted molar refractivity (Wildman–Crippen MR) is 49.9 cm³/mol. The predicted octanol–water partition coefficient (Wildman–Crippen LogP) is 1.98. The quantitative estimate of drug-likeness (QED) is 0.530. The zero-order valence-electron chi connectivity index (χ0n) is 8.00. The zero-order valence-corrected chi connectivity index (χ0v) is 8.00. The number of hydrogen-bond donors (Lipinski definition) is 0. The van der Waals surface area contributed by atoms with Crippen molar-refractivity contribution in [3.8, 4) is 0 Å². The van der Waals surface area contributed by atoms with E-state index in [0.29, 0.717) is 0 Å². The molecule has 1 aliphatic heterocycles. The fourth-order valence-corrected chi connectivity index (χ4v) is 4.16. The molecule has 1 heteroatoms. The van der Waals surface area contributed by atoms with Crippen molar-refractivity contribution in [2.75, 3.05) is 20.1 Å². The first-order valence-corrected chi connectivity index (χ1v) is 5.53. The Morgan fingerprint density at radius 3 is 2.83 bits per heavy atom. The third-order valence-electron chi connectivity index (χ3n) is 4.55. The van der Waals surface area contributed by atoms with E-state index < -0.39 is 0 Å². The normalized spacial score (nSPS) is 52.8. The number of likely N-dealkylation sites (tertiary alicyclic amines) is 1. The van der Waals surface area contributed by atoms with Gasteiger partial charge in [-0.3, -0.25) is 0 Å². The minimum absolute atomic E-state index is 1.09. The van der Waals surface area contributed by atoms with Crippen molar-refractivity contribution in [2.24, 2.45) is 23.7 Å². The van der Waals surface area contributed by atoms with Crippen molar-refractivity contribution in [1.29, 1.82) is 0 Å². The second-order valence-corrected chi connectivity index (χ2v) is 5.24. The fourth-order valence-electron chi connectivity index (χ4n) is 4.16. The van der Waals surface area contributed by atoms with Crippen molar-refractivity contribution in [1.82, 2.24) is 4.90 Å². The van der Waals surface area contributed by atoms with Crippen LogP contribution >= 0.6 is 0 Å². The molecule has 4 unspecified atom stereocenters. The van der Waals surface area contributed by atoms with Crippen LogP contribution in [0.2, 0.25) is 0 Å². The van der Waals surface area contributed by atoms with Gasteiger partial charge < -0.3 is 4.90 Å². The molecule has 3 fully saturated rings. The van der Waals surface area contributed by atoms with Crippen molar-refractivity contribution in [3.05, 3.63) is 0 Å². The molecular formula is C11H19N. The van der Waals surface area contributed by atoms with Gasteiger partial charge in [0.25, 0.3) is 0 Å². The summed E-state index contributed by atoms with van der Waals surface area (Å²) in [5.41, 5.74) is 0. The van der Waals surface area contributed by atoms with E-state index in [9.17, 15) is 0 Å². The van der Waals surface area contributed by atoms with Crippen LogP contribution in [0.5, 0.6) is 0 Å². The summed E-state index contributed by atoms with van der Waals surface area (Å²) < 4.78 is 0. The Labute approximate surface area is 75.1 Å². The standard InChI is InChI=1S/C11H19N/c1-12-6-9-5-8-3-2-4-10(8)11(9)7-12/h8-11H,2-7H2,1H3. The smallest absolute Gasteiger partial charge is 0.00126 e. The molecule has 68 valence electrons. The van der Waals surface area contributed by atoms with E-state index in [0.717, 1.165) is 23.7 Å². The molecule has 1 saturated heterocycles. The molecule has 0 spiro atoms. The number of fused-ring (bicyclic) bond motifs is 3. The van der Waals surface area contributed by atoms with E-state index in [-0.39, 0.29) is 0 Å². The van der Waals surface area contributed by atoms with E-state index in [1.165, 1.54) is 19.5 Å². The Bertz CT molecular complexity index is 189. The molecule has 3 aliphatic rings. The second-order valence-electron chi connectivity index (χ2n) is 5.24. The summed E-state index contributed by atoms with van der Waals surface area (Å²) in [7, 11) is 2.29. The van der Waals surface area contributed by atoms with Gasteiger partial charge in [0.2, 0.25) is 0 Å². The van der Waals surface area contributed by atoms with Crippen LogP contribution in [0.3, 0.4) is 0 Å². The molecule has 1 heterocycles. The maximum absolute atomic E-state index is 2.55. The molecule has 0 aromatic heterocycles. The highest BCUT2D eigenvalue weighted by Gasteiger charge is 2.48. The summed E-state index contributed by atoms with van der Waals surface area (Å²) in [6, 6.07) is 0. The highest BCUT2D eigenvalue weighted by molar-refractivity contribution is 4.99. The van der Waals surface area contributed by atoms with Gasteiger partial charge in [0.1, 0.15) is 0 Å². The lowest BCUT2D eigenvalue weighted by molar-refractivity contribution is 0.305. The molecule has 1 nitrogen and oxygen atoms in total. The van der Waals surface area contributed by atoms with Crippen LogP contribution < -0.4 is 0 Å². The first-order chi connectivity index (χ1) is 5.84. The van der Waals surface area contributed by atoms with Crippen LogP contribution in [-0.4, -0.2) is 25.0 Å². The van der Waals surface area contributed by atoms with Crippen LogP contribution in [0.15, 0.2) is 0 Å². The topological polar surface area (TPSA) is 3.24 Å². The molecule has 0 aromatic carbocycles. The second kappa shape index (κ2) is 2.47. The van der Waals surface area contributed by atoms with Crippen LogP contribution in [-0.2, 0) is 0 Å². The summed E-state index contributed by atoms with van der Waals surface area (Å²) in [4.78, 5) is 2.55. The van der Waals surface area contributed by atoms with E-state index in [1.807, 2.05) is 0 Å². The molecule has 0 amide bonds. The Morgan fingerprint density at radius 2 is 1.92 bits per heavy atom. The summed E-state index contributed by atoms with van der Waals surface area (Å²) >= 11 is 0. The molecule has 0 aromatic rings. The fraction of sp³-hybridized carbons (Fsp3) is 1.00. The molecule has 3 rings (SSSR count). The van der Waals surface area contributed by atoms with Crippen molar-refractivity contribution in [3.63, 3.8) is 0 Å². The summed E-state index contributed by atoms with van der Waals surface area (Å²) in [5.74, 6) is 4.47. The molecule has 0 radical (unpaired) electrons. The lowest BCUT2D eigenvalue weighted by Gasteiger charge is -2.17. The summed E-state index contributed by atoms with van der Waals surface area (Å²) in [6.45, 7) is 2.81. The monoisotopic (exact) mass is 165 g/mol. The van der Waals surface area contributed by atoms with E-state index >= 15 is 0 Å². The number of rotatable bonds is 0. The molecular weight excluding hydrogens is 146 g/mol. The van der Waals surface area contributed by atoms with Gasteiger partial charge in [-0.05, 0) is 43.6 Å². The third-order valence-corrected chi connectivity index (χ3v) is 4.55. The molecule has 0 bridgehead atoms. The molecule has 12 heavy (non-hydrogen) atoms. The summed E-state index contributed by atoms with van der Waals surface area (Å²) in [6.07, 6.45) is 6.21. The van der Waals surface area contributed by atoms with Gasteiger partial charge in [0, 0.05) is 13.1 Å². The Hall–Kier alpha value is -0.0400. The highest BCUT2D eigenvalue weighted by Crippen LogP contribution is 2.52. The molecule has 2 saturated carbocycles. The number of nitrogens with zero attached hydrogens (tertiary/aromatic N) is 1. The average Bonchev–Trinajstić information content (AvgIpc) is 2.59. The Balaban J connectivity index is 1.80. The maximum atomic E-state index is 2.55. The average molecular weight is 165 g/mol. The third kappa shape index (κ3) is 0.891. The molecule has 4 atom stereocenters. The van der Waals surface area contributed by atoms with E-state index in [1.54, 1.807) is 19.3 Å². The highest BCUT2D eigenvalue weighted by atomic mass is 15.1. The maximum Gasteiger partial charge on any atom is 0.00126 e. The van der Waals surface area contributed by atoms with Crippen LogP contribution in [0.1, 0.15) is 25.7 Å². The van der Waals surface area contributed by atoms with Gasteiger partial charge >= 0.3 is 0 Å². The Kier molecular flexibility index (Phi) is 1.52. The minimum atomic E-state index is 1.09. The van der Waals surface area contributed by atoms with Gasteiger partial charge in [0.05, 0.1) is 0 Å². The SMILES string of the molecule is CN1CC2CC3CCCC3C2C1. The van der Waals surface area contributed by atoms with Gasteiger partial charge in [0.15, 0.2) is 0 Å². The lowest BCUT2D eigenvalue weighted by atomic mass is 9.90. The molecule has 0 N–H and O–H groups in total. The van der Waals surface area contributed by atoms with E-state index in [2.05, 4.69) is 11.9 Å². The van der Waals surface area contributed by atoms with Gasteiger partial charge in [-0.1, -0.05) is 12.8 Å². The largest absolute Gasteiger partial charge is 0.306 e. The van der Waals surface area contributed by atoms with Crippen molar-refractivity contribution < 1.29 is 0 Å². The Morgan fingerprint density at radius 1 is 1.00 bits per heavy atom. The van der Waals surface area contributed by atoms with Crippen LogP contribution in [0, 0.1) is 23.7 Å². The zero-order chi connectivity index (χ0) is 8.13. The van der Waals surface area contributed by atoms with Gasteiger partial charge in [-0.15, -0.1) is 0 Å². The van der Waals surface area contributed by atoms with Crippen molar-refractivity contribution in [2.45, 2.75) is 25.7 Å². The molecule has 2 aliphatic carbocycles.